The first-order chi connectivity index (χ1) is 15.5. The van der Waals surface area contributed by atoms with Crippen LogP contribution in [0, 0.1) is 6.92 Å². The van der Waals surface area contributed by atoms with Gasteiger partial charge in [0.25, 0.3) is 0 Å². The van der Waals surface area contributed by atoms with Gasteiger partial charge < -0.3 is 9.47 Å². The van der Waals surface area contributed by atoms with E-state index < -0.39 is 5.97 Å². The van der Waals surface area contributed by atoms with Crippen molar-refractivity contribution in [1.82, 2.24) is 19.7 Å². The van der Waals surface area contributed by atoms with Crippen LogP contribution in [-0.4, -0.2) is 39.4 Å². The molecule has 7 nitrogen and oxygen atoms in total. The number of methoxy groups -OCH3 is 1. The van der Waals surface area contributed by atoms with Crippen molar-refractivity contribution in [3.05, 3.63) is 78.0 Å². The van der Waals surface area contributed by atoms with E-state index in [0.29, 0.717) is 23.6 Å². The minimum absolute atomic E-state index is 0.295. The van der Waals surface area contributed by atoms with Crippen molar-refractivity contribution in [2.24, 2.45) is 7.05 Å². The molecule has 0 atom stereocenters. The standard InChI is InChI=1S/C25H24N4O3/c1-5-32-25(30)11-22(17-6-16(2)7-21(9-17)31-4)23-10-18-8-19(12-26-24(18)14-27-23)20-13-28-29(3)15-20/h6-15H,5H2,1-4H3/b22-11-. The highest BCUT2D eigenvalue weighted by atomic mass is 16.5. The number of rotatable bonds is 6. The van der Waals surface area contributed by atoms with Gasteiger partial charge in [0.05, 0.1) is 37.3 Å². The Bertz CT molecular complexity index is 1320. The number of carbonyl (C=O) groups excluding carboxylic acids is 1. The van der Waals surface area contributed by atoms with Gasteiger partial charge in [0.1, 0.15) is 5.75 Å². The maximum atomic E-state index is 12.4. The number of aryl methyl sites for hydroxylation is 2. The van der Waals surface area contributed by atoms with E-state index in [1.54, 1.807) is 31.1 Å². The van der Waals surface area contributed by atoms with Crippen molar-refractivity contribution in [3.63, 3.8) is 0 Å². The summed E-state index contributed by atoms with van der Waals surface area (Å²) in [5.41, 5.74) is 5.82. The summed E-state index contributed by atoms with van der Waals surface area (Å²) in [6.45, 7) is 4.05. The summed E-state index contributed by atoms with van der Waals surface area (Å²) in [7, 11) is 3.50. The average molecular weight is 428 g/mol. The Morgan fingerprint density at radius 1 is 1.06 bits per heavy atom. The van der Waals surface area contributed by atoms with Crippen molar-refractivity contribution < 1.29 is 14.3 Å². The number of carbonyl (C=O) groups is 1. The summed E-state index contributed by atoms with van der Waals surface area (Å²) in [6, 6.07) is 9.78. The second kappa shape index (κ2) is 9.01. The Balaban J connectivity index is 1.85. The molecule has 162 valence electrons. The molecule has 3 aromatic heterocycles. The van der Waals surface area contributed by atoms with Crippen LogP contribution in [0.15, 0.2) is 61.2 Å². The highest BCUT2D eigenvalue weighted by Crippen LogP contribution is 2.29. The fourth-order valence-electron chi connectivity index (χ4n) is 3.53. The van der Waals surface area contributed by atoms with E-state index >= 15 is 0 Å². The van der Waals surface area contributed by atoms with Gasteiger partial charge >= 0.3 is 5.97 Å². The Morgan fingerprint density at radius 2 is 1.91 bits per heavy atom. The topological polar surface area (TPSA) is 79.1 Å². The summed E-state index contributed by atoms with van der Waals surface area (Å²) in [5, 5.41) is 5.15. The number of pyridine rings is 2. The summed E-state index contributed by atoms with van der Waals surface area (Å²) in [5.74, 6) is 0.281. The Hall–Kier alpha value is -4.00. The SMILES string of the molecule is CCOC(=O)/C=C(/c1cc(C)cc(OC)c1)c1cc2cc(-c3cnn(C)c3)cnc2cn1. The lowest BCUT2D eigenvalue weighted by molar-refractivity contribution is -0.137. The predicted molar refractivity (Wildman–Crippen MR) is 123 cm³/mol. The van der Waals surface area contributed by atoms with E-state index in [0.717, 1.165) is 33.2 Å². The number of nitrogens with zero attached hydrogens (tertiary/aromatic N) is 4. The largest absolute Gasteiger partial charge is 0.497 e. The molecule has 0 amide bonds. The summed E-state index contributed by atoms with van der Waals surface area (Å²) >= 11 is 0. The number of ether oxygens (including phenoxy) is 2. The lowest BCUT2D eigenvalue weighted by Gasteiger charge is -2.12. The van der Waals surface area contributed by atoms with Crippen LogP contribution in [-0.2, 0) is 16.6 Å². The summed E-state index contributed by atoms with van der Waals surface area (Å²) in [4.78, 5) is 21.5. The molecule has 3 heterocycles. The van der Waals surface area contributed by atoms with Gasteiger partial charge in [0.15, 0.2) is 0 Å². The van der Waals surface area contributed by atoms with Gasteiger partial charge in [-0.3, -0.25) is 14.6 Å². The molecule has 32 heavy (non-hydrogen) atoms. The molecule has 4 rings (SSSR count). The summed E-state index contributed by atoms with van der Waals surface area (Å²) < 4.78 is 12.4. The van der Waals surface area contributed by atoms with E-state index in [-0.39, 0.29) is 0 Å². The van der Waals surface area contributed by atoms with Crippen LogP contribution in [0.5, 0.6) is 5.75 Å². The van der Waals surface area contributed by atoms with Gasteiger partial charge in [-0.2, -0.15) is 5.10 Å². The van der Waals surface area contributed by atoms with Crippen LogP contribution in [0.4, 0.5) is 0 Å². The van der Waals surface area contributed by atoms with Crippen LogP contribution >= 0.6 is 0 Å². The minimum atomic E-state index is -0.424. The maximum absolute atomic E-state index is 12.4. The first-order valence-corrected chi connectivity index (χ1v) is 10.3. The molecular formula is C25H24N4O3. The van der Waals surface area contributed by atoms with Gasteiger partial charge in [0, 0.05) is 47.6 Å². The molecule has 0 bridgehead atoms. The number of hydrogen-bond donors (Lipinski definition) is 0. The number of fused-ring (bicyclic) bond motifs is 1. The van der Waals surface area contributed by atoms with E-state index in [4.69, 9.17) is 9.47 Å². The Morgan fingerprint density at radius 3 is 2.62 bits per heavy atom. The number of aromatic nitrogens is 4. The van der Waals surface area contributed by atoms with Crippen molar-refractivity contribution in [3.8, 4) is 16.9 Å². The lowest BCUT2D eigenvalue weighted by Crippen LogP contribution is -2.03. The fourth-order valence-corrected chi connectivity index (χ4v) is 3.53. The Labute approximate surface area is 186 Å². The van der Waals surface area contributed by atoms with Crippen molar-refractivity contribution in [2.75, 3.05) is 13.7 Å². The highest BCUT2D eigenvalue weighted by molar-refractivity contribution is 5.97. The van der Waals surface area contributed by atoms with Gasteiger partial charge in [-0.05, 0) is 49.2 Å². The molecule has 0 fully saturated rings. The number of esters is 1. The monoisotopic (exact) mass is 428 g/mol. The normalized spacial score (nSPS) is 11.6. The minimum Gasteiger partial charge on any atom is -0.497 e. The van der Waals surface area contributed by atoms with Crippen LogP contribution in [0.25, 0.3) is 27.6 Å². The zero-order chi connectivity index (χ0) is 22.7. The van der Waals surface area contributed by atoms with Gasteiger partial charge in [0.2, 0.25) is 0 Å². The zero-order valence-corrected chi connectivity index (χ0v) is 18.5. The molecule has 0 radical (unpaired) electrons. The van der Waals surface area contributed by atoms with E-state index in [1.807, 2.05) is 56.7 Å². The quantitative estimate of drug-likeness (QED) is 0.336. The molecule has 0 N–H and O–H groups in total. The Kier molecular flexibility index (Phi) is 5.98. The molecule has 0 aliphatic carbocycles. The maximum Gasteiger partial charge on any atom is 0.331 e. The van der Waals surface area contributed by atoms with Crippen molar-refractivity contribution in [2.45, 2.75) is 13.8 Å². The van der Waals surface area contributed by atoms with Crippen LogP contribution in [0.1, 0.15) is 23.7 Å². The second-order valence-corrected chi connectivity index (χ2v) is 7.44. The third-order valence-corrected chi connectivity index (χ3v) is 5.03. The molecule has 4 aromatic rings. The second-order valence-electron chi connectivity index (χ2n) is 7.44. The highest BCUT2D eigenvalue weighted by Gasteiger charge is 2.14. The first-order valence-electron chi connectivity index (χ1n) is 10.3. The summed E-state index contributed by atoms with van der Waals surface area (Å²) in [6.07, 6.45) is 8.74. The van der Waals surface area contributed by atoms with Crippen molar-refractivity contribution >= 4 is 22.4 Å². The molecule has 0 unspecified atom stereocenters. The zero-order valence-electron chi connectivity index (χ0n) is 18.5. The average Bonchev–Trinajstić information content (AvgIpc) is 3.22. The third kappa shape index (κ3) is 4.51. The molecule has 0 spiro atoms. The van der Waals surface area contributed by atoms with Crippen molar-refractivity contribution in [1.29, 1.82) is 0 Å². The molecule has 0 aliphatic heterocycles. The van der Waals surface area contributed by atoms with E-state index in [9.17, 15) is 4.79 Å². The van der Waals surface area contributed by atoms with Crippen LogP contribution < -0.4 is 4.74 Å². The molecule has 0 saturated carbocycles. The van der Waals surface area contributed by atoms with E-state index in [2.05, 4.69) is 15.1 Å². The first kappa shape index (κ1) is 21.2. The molecular weight excluding hydrogens is 404 g/mol. The molecule has 7 heteroatoms. The third-order valence-electron chi connectivity index (χ3n) is 5.03. The number of hydrogen-bond acceptors (Lipinski definition) is 6. The predicted octanol–water partition coefficient (Wildman–Crippen LogP) is 4.34. The van der Waals surface area contributed by atoms with Gasteiger partial charge in [-0.1, -0.05) is 6.07 Å². The fraction of sp³-hybridized carbons (Fsp3) is 0.200. The van der Waals surface area contributed by atoms with Gasteiger partial charge in [-0.15, -0.1) is 0 Å². The van der Waals surface area contributed by atoms with Gasteiger partial charge in [-0.25, -0.2) is 4.79 Å². The van der Waals surface area contributed by atoms with Crippen LogP contribution in [0.2, 0.25) is 0 Å². The molecule has 0 saturated heterocycles. The molecule has 0 aliphatic rings. The van der Waals surface area contributed by atoms with E-state index in [1.165, 1.54) is 6.08 Å². The molecule has 1 aromatic carbocycles. The lowest BCUT2D eigenvalue weighted by atomic mass is 9.98. The van der Waals surface area contributed by atoms with Crippen LogP contribution in [0.3, 0.4) is 0 Å². The number of benzene rings is 1. The smallest absolute Gasteiger partial charge is 0.331 e.